The number of nitrogens with one attached hydrogen (secondary N) is 3. The first kappa shape index (κ1) is 41.3. The van der Waals surface area contributed by atoms with Gasteiger partial charge in [-0.3, -0.25) is 24.0 Å². The van der Waals surface area contributed by atoms with Gasteiger partial charge in [0.25, 0.3) is 5.91 Å². The van der Waals surface area contributed by atoms with E-state index in [-0.39, 0.29) is 24.0 Å². The normalized spacial score (nSPS) is 22.9. The molecule has 3 N–H and O–H groups in total. The van der Waals surface area contributed by atoms with Crippen molar-refractivity contribution in [2.24, 2.45) is 16.7 Å². The fraction of sp³-hybridized carbons (Fsp3) is 0.718. The molecule has 3 fully saturated rings. The highest BCUT2D eigenvalue weighted by atomic mass is 32.2. The molecular weight excluding hydrogens is 715 g/mol. The molecule has 1 aromatic carbocycles. The summed E-state index contributed by atoms with van der Waals surface area (Å²) in [6.07, 6.45) is 5.31. The average Bonchev–Trinajstić information content (AvgIpc) is 3.99. The number of rotatable bonds is 15. The average molecular weight is 774 g/mol. The molecule has 15 heteroatoms. The van der Waals surface area contributed by atoms with Gasteiger partial charge in [0.2, 0.25) is 21.8 Å². The molecule has 2 saturated carbocycles. The van der Waals surface area contributed by atoms with E-state index in [1.807, 2.05) is 53.7 Å². The number of nitrogens with zero attached hydrogens (tertiary/aromatic N) is 2. The van der Waals surface area contributed by atoms with Crippen molar-refractivity contribution in [3.05, 3.63) is 34.9 Å². The Labute approximate surface area is 319 Å². The third kappa shape index (κ3) is 9.49. The van der Waals surface area contributed by atoms with Crippen LogP contribution in [-0.2, 0) is 53.4 Å². The molecule has 5 rings (SSSR count). The minimum atomic E-state index is -3.80. The molecule has 5 amide bonds. The van der Waals surface area contributed by atoms with Gasteiger partial charge >= 0.3 is 12.2 Å². The van der Waals surface area contributed by atoms with Crippen LogP contribution in [0.5, 0.6) is 0 Å². The van der Waals surface area contributed by atoms with Crippen molar-refractivity contribution in [1.82, 2.24) is 25.2 Å². The number of hydrogen-bond acceptors (Lipinski definition) is 9. The SMILES string of the molecule is CC[C@@H]1C[C@]1(NC(=O)[C@@H]1CCCN1C(=O)[C@@H](NC(=O)OCC(C)(C)CCCCc1cccc2c1CN(C(=O)OC)C2)C(C)(C)C)C(=O)NS(=O)(=O)C1CC1. The van der Waals surface area contributed by atoms with Gasteiger partial charge in [0.05, 0.1) is 19.0 Å². The number of carbonyl (C=O) groups excluding carboxylic acids is 5. The zero-order valence-electron chi connectivity index (χ0n) is 32.9. The molecular formula is C39H59N5O9S. The van der Waals surface area contributed by atoms with E-state index >= 15 is 0 Å². The Bertz CT molecular complexity index is 1720. The first-order chi connectivity index (χ1) is 25.3. The van der Waals surface area contributed by atoms with Gasteiger partial charge in [-0.15, -0.1) is 0 Å². The number of amides is 5. The predicted octanol–water partition coefficient (Wildman–Crippen LogP) is 4.53. The summed E-state index contributed by atoms with van der Waals surface area (Å²) in [6.45, 7) is 13.0. The van der Waals surface area contributed by atoms with Gasteiger partial charge in [0, 0.05) is 19.6 Å². The van der Waals surface area contributed by atoms with Crippen molar-refractivity contribution >= 4 is 39.9 Å². The van der Waals surface area contributed by atoms with Gasteiger partial charge in [-0.05, 0) is 84.8 Å². The van der Waals surface area contributed by atoms with E-state index < -0.39 is 62.1 Å². The fourth-order valence-corrected chi connectivity index (χ4v) is 9.17. The Hall–Kier alpha value is -3.88. The predicted molar refractivity (Wildman–Crippen MR) is 201 cm³/mol. The maximum absolute atomic E-state index is 14.1. The molecule has 4 atom stereocenters. The van der Waals surface area contributed by atoms with Crippen LogP contribution >= 0.6 is 0 Å². The van der Waals surface area contributed by atoms with Crippen LogP contribution < -0.4 is 15.4 Å². The largest absolute Gasteiger partial charge is 0.453 e. The number of fused-ring (bicyclic) bond motifs is 1. The molecule has 0 bridgehead atoms. The molecule has 2 aliphatic heterocycles. The minimum absolute atomic E-state index is 0.146. The Kier molecular flexibility index (Phi) is 12.3. The number of benzene rings is 1. The van der Waals surface area contributed by atoms with E-state index in [1.165, 1.54) is 23.1 Å². The number of likely N-dealkylation sites (tertiary alicyclic amines) is 1. The number of sulfonamides is 1. The lowest BCUT2D eigenvalue weighted by Crippen LogP contribution is -2.60. The second-order valence-electron chi connectivity index (χ2n) is 17.4. The highest BCUT2D eigenvalue weighted by Crippen LogP contribution is 2.47. The van der Waals surface area contributed by atoms with Crippen LogP contribution in [0.2, 0.25) is 0 Å². The van der Waals surface area contributed by atoms with Gasteiger partial charge in [0.15, 0.2) is 0 Å². The van der Waals surface area contributed by atoms with Crippen molar-refractivity contribution in [3.63, 3.8) is 0 Å². The Morgan fingerprint density at radius 3 is 2.37 bits per heavy atom. The molecule has 14 nitrogen and oxygen atoms in total. The molecule has 1 saturated heterocycles. The highest BCUT2D eigenvalue weighted by Gasteiger charge is 2.62. The van der Waals surface area contributed by atoms with Crippen LogP contribution in [0.25, 0.3) is 0 Å². The van der Waals surface area contributed by atoms with Crippen molar-refractivity contribution in [3.8, 4) is 0 Å². The van der Waals surface area contributed by atoms with Crippen molar-refractivity contribution in [1.29, 1.82) is 0 Å². The maximum Gasteiger partial charge on any atom is 0.410 e. The smallest absolute Gasteiger partial charge is 0.410 e. The lowest BCUT2D eigenvalue weighted by atomic mass is 9.85. The molecule has 4 aliphatic rings. The highest BCUT2D eigenvalue weighted by molar-refractivity contribution is 7.91. The molecule has 2 aliphatic carbocycles. The minimum Gasteiger partial charge on any atom is -0.453 e. The van der Waals surface area contributed by atoms with Gasteiger partial charge in [0.1, 0.15) is 17.6 Å². The lowest BCUT2D eigenvalue weighted by Gasteiger charge is -2.35. The van der Waals surface area contributed by atoms with E-state index in [9.17, 15) is 32.4 Å². The maximum atomic E-state index is 14.1. The molecule has 300 valence electrons. The Morgan fingerprint density at radius 2 is 1.74 bits per heavy atom. The van der Waals surface area contributed by atoms with Crippen molar-refractivity contribution in [2.75, 3.05) is 20.3 Å². The summed E-state index contributed by atoms with van der Waals surface area (Å²) in [6, 6.07) is 4.32. The van der Waals surface area contributed by atoms with Crippen molar-refractivity contribution in [2.45, 2.75) is 142 Å². The molecule has 0 spiro atoms. The van der Waals surface area contributed by atoms with E-state index in [0.717, 1.165) is 31.2 Å². The van der Waals surface area contributed by atoms with Gasteiger partial charge < -0.3 is 25.0 Å². The van der Waals surface area contributed by atoms with E-state index in [1.54, 1.807) is 4.90 Å². The number of ether oxygens (including phenoxy) is 2. The van der Waals surface area contributed by atoms with Gasteiger partial charge in [-0.1, -0.05) is 72.6 Å². The number of alkyl carbamates (subject to hydrolysis) is 1. The van der Waals surface area contributed by atoms with E-state index in [4.69, 9.17) is 9.47 Å². The molecule has 0 unspecified atom stereocenters. The first-order valence-electron chi connectivity index (χ1n) is 19.4. The van der Waals surface area contributed by atoms with Crippen LogP contribution in [0.4, 0.5) is 9.59 Å². The molecule has 2 heterocycles. The summed E-state index contributed by atoms with van der Waals surface area (Å²) in [4.78, 5) is 69.4. The molecule has 54 heavy (non-hydrogen) atoms. The second kappa shape index (κ2) is 16.1. The van der Waals surface area contributed by atoms with Crippen LogP contribution in [0.3, 0.4) is 0 Å². The molecule has 0 radical (unpaired) electrons. The van der Waals surface area contributed by atoms with E-state index in [2.05, 4.69) is 21.4 Å². The second-order valence-corrected chi connectivity index (χ2v) is 19.4. The van der Waals surface area contributed by atoms with Crippen LogP contribution in [0, 0.1) is 16.7 Å². The zero-order chi connectivity index (χ0) is 39.6. The topological polar surface area (TPSA) is 181 Å². The van der Waals surface area contributed by atoms with Gasteiger partial charge in [-0.2, -0.15) is 0 Å². The number of methoxy groups -OCH3 is 1. The van der Waals surface area contributed by atoms with Crippen LogP contribution in [0.1, 0.15) is 116 Å². The Morgan fingerprint density at radius 1 is 1.02 bits per heavy atom. The summed E-state index contributed by atoms with van der Waals surface area (Å²) in [5.41, 5.74) is 1.18. The summed E-state index contributed by atoms with van der Waals surface area (Å²) >= 11 is 0. The van der Waals surface area contributed by atoms with Gasteiger partial charge in [-0.25, -0.2) is 18.0 Å². The first-order valence-corrected chi connectivity index (χ1v) is 20.9. The third-order valence-electron chi connectivity index (χ3n) is 11.4. The van der Waals surface area contributed by atoms with Crippen LogP contribution in [-0.4, -0.2) is 91.3 Å². The van der Waals surface area contributed by atoms with Crippen LogP contribution in [0.15, 0.2) is 18.2 Å². The summed E-state index contributed by atoms with van der Waals surface area (Å²) in [5.74, 6) is -1.86. The number of aryl methyl sites for hydroxylation is 1. The Balaban J connectivity index is 1.12. The quantitative estimate of drug-likeness (QED) is 0.216. The lowest BCUT2D eigenvalue weighted by molar-refractivity contribution is -0.142. The van der Waals surface area contributed by atoms with Crippen molar-refractivity contribution < 1.29 is 41.9 Å². The third-order valence-corrected chi connectivity index (χ3v) is 13.2. The summed E-state index contributed by atoms with van der Waals surface area (Å²) in [5, 5.41) is 5.04. The monoisotopic (exact) mass is 773 g/mol. The molecule has 0 aromatic heterocycles. The summed E-state index contributed by atoms with van der Waals surface area (Å²) in [7, 11) is -2.41. The number of hydrogen-bond donors (Lipinski definition) is 3. The standard InChI is InChI=1S/C39H59N5O9S/c1-8-27-21-39(27,34(47)42-54(50,51)28-17-18-28)41-32(45)30-16-12-20-44(30)33(46)31(37(2,3)4)40-35(48)53-24-38(5,6)19-10-9-13-25-14-11-15-26-22-43(23-29(25)26)36(49)52-7/h11,14-15,27-28,30-31H,8-10,12-13,16-24H2,1-7H3,(H,40,48)(H,41,45)(H,42,47)/t27-,30+,31-,39-/m1/s1. The number of carbonyl (C=O) groups is 5. The summed E-state index contributed by atoms with van der Waals surface area (Å²) < 4.78 is 37.8. The zero-order valence-corrected chi connectivity index (χ0v) is 33.7. The number of unbranched alkanes of at least 4 members (excludes halogenated alkanes) is 1. The fourth-order valence-electron chi connectivity index (χ4n) is 7.81. The van der Waals surface area contributed by atoms with E-state index in [0.29, 0.717) is 58.2 Å². The molecule has 1 aromatic rings.